The molecule has 0 heterocycles. The molecule has 2 unspecified atom stereocenters. The van der Waals surface area contributed by atoms with E-state index in [0.717, 1.165) is 25.8 Å². The van der Waals surface area contributed by atoms with Crippen molar-refractivity contribution in [1.29, 1.82) is 0 Å². The number of fused-ring (bicyclic) bond motifs is 1. The van der Waals surface area contributed by atoms with Crippen molar-refractivity contribution in [3.8, 4) is 0 Å². The number of hydrogen-bond acceptors (Lipinski definition) is 2. The van der Waals surface area contributed by atoms with Crippen molar-refractivity contribution in [2.45, 2.75) is 58.5 Å². The van der Waals surface area contributed by atoms with E-state index in [0.29, 0.717) is 6.04 Å². The molecule has 1 aliphatic carbocycles. The Hall–Kier alpha value is -0.380. The van der Waals surface area contributed by atoms with Gasteiger partial charge in [-0.05, 0) is 61.9 Å². The van der Waals surface area contributed by atoms with E-state index in [1.54, 1.807) is 0 Å². The van der Waals surface area contributed by atoms with Gasteiger partial charge < -0.3 is 5.73 Å². The fraction of sp³-hybridized carbons (Fsp3) is 0.667. The van der Waals surface area contributed by atoms with Crippen LogP contribution in [0.2, 0.25) is 0 Å². The highest BCUT2D eigenvalue weighted by Gasteiger charge is 2.41. The van der Waals surface area contributed by atoms with Gasteiger partial charge in [0, 0.05) is 22.6 Å². The van der Waals surface area contributed by atoms with Crippen molar-refractivity contribution in [3.63, 3.8) is 0 Å². The molecule has 0 fully saturated rings. The molecule has 1 aromatic rings. The summed E-state index contributed by atoms with van der Waals surface area (Å²) < 4.78 is 1.18. The van der Waals surface area contributed by atoms with E-state index in [1.165, 1.54) is 15.6 Å². The summed E-state index contributed by atoms with van der Waals surface area (Å²) in [6.45, 7) is 9.98. The zero-order chi connectivity index (χ0) is 15.8. The lowest BCUT2D eigenvalue weighted by Crippen LogP contribution is -2.60. The third kappa shape index (κ3) is 3.35. The minimum Gasteiger partial charge on any atom is -0.329 e. The summed E-state index contributed by atoms with van der Waals surface area (Å²) in [4.78, 5) is 2.54. The molecule has 2 rings (SSSR count). The van der Waals surface area contributed by atoms with E-state index in [1.807, 2.05) is 0 Å². The van der Waals surface area contributed by atoms with Gasteiger partial charge in [-0.2, -0.15) is 0 Å². The summed E-state index contributed by atoms with van der Waals surface area (Å²) in [6, 6.07) is 7.18. The molecular weight excluding hydrogens is 324 g/mol. The van der Waals surface area contributed by atoms with E-state index in [4.69, 9.17) is 5.73 Å². The molecule has 21 heavy (non-hydrogen) atoms. The number of aryl methyl sites for hydroxylation is 1. The Morgan fingerprint density at radius 1 is 1.33 bits per heavy atom. The first kappa shape index (κ1) is 17.0. The maximum atomic E-state index is 6.26. The molecule has 2 N–H and O–H groups in total. The number of benzene rings is 1. The van der Waals surface area contributed by atoms with Crippen LogP contribution < -0.4 is 5.73 Å². The number of halogens is 1. The van der Waals surface area contributed by atoms with Crippen LogP contribution in [0.25, 0.3) is 0 Å². The third-order valence-corrected chi connectivity index (χ3v) is 6.00. The van der Waals surface area contributed by atoms with Crippen LogP contribution in [0.3, 0.4) is 0 Å². The van der Waals surface area contributed by atoms with Crippen LogP contribution in [-0.2, 0) is 12.8 Å². The Kier molecular flexibility index (Phi) is 4.87. The Bertz CT molecular complexity index is 506. The van der Waals surface area contributed by atoms with Gasteiger partial charge in [0.15, 0.2) is 0 Å². The van der Waals surface area contributed by atoms with E-state index >= 15 is 0 Å². The number of nitrogens with two attached hydrogens (primary N) is 1. The minimum atomic E-state index is 0.0908. The molecule has 1 aromatic carbocycles. The molecule has 1 aliphatic rings. The van der Waals surface area contributed by atoms with Crippen molar-refractivity contribution < 1.29 is 0 Å². The molecule has 3 heteroatoms. The average Bonchev–Trinajstić information content (AvgIpc) is 2.44. The molecule has 0 aromatic heterocycles. The molecule has 0 radical (unpaired) electrons. The predicted octanol–water partition coefficient (Wildman–Crippen LogP) is 4.00. The monoisotopic (exact) mass is 352 g/mol. The fourth-order valence-electron chi connectivity index (χ4n) is 3.42. The first-order valence-electron chi connectivity index (χ1n) is 7.90. The van der Waals surface area contributed by atoms with Crippen LogP contribution in [0.15, 0.2) is 22.7 Å². The second kappa shape index (κ2) is 6.02. The van der Waals surface area contributed by atoms with Crippen molar-refractivity contribution in [2.75, 3.05) is 13.6 Å². The molecule has 0 saturated carbocycles. The molecule has 0 bridgehead atoms. The highest BCUT2D eigenvalue weighted by Crippen LogP contribution is 2.37. The number of rotatable bonds is 3. The Balaban J connectivity index is 2.30. The third-order valence-electron chi connectivity index (χ3n) is 5.51. The highest BCUT2D eigenvalue weighted by molar-refractivity contribution is 9.10. The number of likely N-dealkylation sites (N-methyl/N-ethyl adjacent to an activating group) is 1. The van der Waals surface area contributed by atoms with E-state index in [9.17, 15) is 0 Å². The maximum Gasteiger partial charge on any atom is 0.0375 e. The van der Waals surface area contributed by atoms with Crippen LogP contribution in [0, 0.1) is 5.41 Å². The van der Waals surface area contributed by atoms with Crippen molar-refractivity contribution in [3.05, 3.63) is 33.8 Å². The number of hydrogen-bond donors (Lipinski definition) is 1. The number of nitrogens with zero attached hydrogens (tertiary/aromatic N) is 1. The average molecular weight is 353 g/mol. The second-order valence-electron chi connectivity index (χ2n) is 7.67. The van der Waals surface area contributed by atoms with Gasteiger partial charge >= 0.3 is 0 Å². The van der Waals surface area contributed by atoms with Crippen molar-refractivity contribution in [2.24, 2.45) is 11.1 Å². The molecule has 0 spiro atoms. The van der Waals surface area contributed by atoms with Gasteiger partial charge in [0.25, 0.3) is 0 Å². The normalized spacial score (nSPS) is 24.0. The zero-order valence-electron chi connectivity index (χ0n) is 14.0. The molecule has 2 atom stereocenters. The first-order valence-corrected chi connectivity index (χ1v) is 8.69. The molecule has 2 nitrogen and oxygen atoms in total. The quantitative estimate of drug-likeness (QED) is 0.890. The highest BCUT2D eigenvalue weighted by atomic mass is 79.9. The minimum absolute atomic E-state index is 0.0908. The molecule has 0 saturated heterocycles. The second-order valence-corrected chi connectivity index (χ2v) is 8.59. The zero-order valence-corrected chi connectivity index (χ0v) is 15.6. The summed E-state index contributed by atoms with van der Waals surface area (Å²) >= 11 is 3.58. The SMILES string of the molecule is CC(N(C)C1(CN)CCc2cc(Br)ccc2C1)C(C)(C)C. The summed E-state index contributed by atoms with van der Waals surface area (Å²) in [5, 5.41) is 0. The Morgan fingerprint density at radius 2 is 2.00 bits per heavy atom. The smallest absolute Gasteiger partial charge is 0.0375 e. The topological polar surface area (TPSA) is 29.3 Å². The van der Waals surface area contributed by atoms with E-state index < -0.39 is 0 Å². The largest absolute Gasteiger partial charge is 0.329 e. The van der Waals surface area contributed by atoms with Crippen LogP contribution in [0.1, 0.15) is 45.2 Å². The molecule has 118 valence electrons. The molecule has 0 amide bonds. The van der Waals surface area contributed by atoms with Gasteiger partial charge in [-0.25, -0.2) is 0 Å². The molecular formula is C18H29BrN2. The lowest BCUT2D eigenvalue weighted by molar-refractivity contribution is 0.0222. The lowest BCUT2D eigenvalue weighted by atomic mass is 9.74. The van der Waals surface area contributed by atoms with Gasteiger partial charge in [0.2, 0.25) is 0 Å². The van der Waals surface area contributed by atoms with E-state index in [-0.39, 0.29) is 11.0 Å². The van der Waals surface area contributed by atoms with Gasteiger partial charge in [-0.3, -0.25) is 4.90 Å². The van der Waals surface area contributed by atoms with Crippen LogP contribution in [-0.4, -0.2) is 30.1 Å². The van der Waals surface area contributed by atoms with Crippen molar-refractivity contribution in [1.82, 2.24) is 4.90 Å². The Morgan fingerprint density at radius 3 is 2.57 bits per heavy atom. The van der Waals surface area contributed by atoms with Crippen LogP contribution >= 0.6 is 15.9 Å². The molecule has 0 aliphatic heterocycles. The van der Waals surface area contributed by atoms with Gasteiger partial charge in [-0.1, -0.05) is 42.8 Å². The maximum absolute atomic E-state index is 6.26. The summed E-state index contributed by atoms with van der Waals surface area (Å²) in [5.41, 5.74) is 9.55. The fourth-order valence-corrected chi connectivity index (χ4v) is 3.83. The van der Waals surface area contributed by atoms with Crippen molar-refractivity contribution >= 4 is 15.9 Å². The summed E-state index contributed by atoms with van der Waals surface area (Å²) in [6.07, 6.45) is 3.32. The summed E-state index contributed by atoms with van der Waals surface area (Å²) in [7, 11) is 2.26. The van der Waals surface area contributed by atoms with Gasteiger partial charge in [-0.15, -0.1) is 0 Å². The van der Waals surface area contributed by atoms with Crippen LogP contribution in [0.5, 0.6) is 0 Å². The lowest BCUT2D eigenvalue weighted by Gasteiger charge is -2.50. The summed E-state index contributed by atoms with van der Waals surface area (Å²) in [5.74, 6) is 0. The standard InChI is InChI=1S/C18H29BrN2/c1-13(17(2,3)4)21(5)18(12-20)9-8-14-10-16(19)7-6-15(14)11-18/h6-7,10,13H,8-9,11-12,20H2,1-5H3. The van der Waals surface area contributed by atoms with E-state index in [2.05, 4.69) is 73.8 Å². The first-order chi connectivity index (χ1) is 9.69. The van der Waals surface area contributed by atoms with Gasteiger partial charge in [0.05, 0.1) is 0 Å². The predicted molar refractivity (Wildman–Crippen MR) is 94.6 cm³/mol. The van der Waals surface area contributed by atoms with Gasteiger partial charge in [0.1, 0.15) is 0 Å². The van der Waals surface area contributed by atoms with Crippen LogP contribution in [0.4, 0.5) is 0 Å². The Labute approximate surface area is 138 Å².